The molecule has 1 saturated heterocycles. The van der Waals surface area contributed by atoms with E-state index in [0.717, 1.165) is 26.1 Å². The molecule has 100 valence electrons. The van der Waals surface area contributed by atoms with Gasteiger partial charge in [0, 0.05) is 24.8 Å². The van der Waals surface area contributed by atoms with Crippen LogP contribution in [0.3, 0.4) is 0 Å². The van der Waals surface area contributed by atoms with Crippen LogP contribution in [-0.2, 0) is 4.74 Å². The molecule has 1 atom stereocenters. The molecule has 0 unspecified atom stereocenters. The molecule has 0 spiro atoms. The molecule has 0 saturated carbocycles. The van der Waals surface area contributed by atoms with Crippen LogP contribution in [0.4, 0.5) is 5.69 Å². The van der Waals surface area contributed by atoms with E-state index in [4.69, 9.17) is 10.5 Å². The summed E-state index contributed by atoms with van der Waals surface area (Å²) in [5, 5.41) is 0. The van der Waals surface area contributed by atoms with Crippen molar-refractivity contribution in [2.75, 3.05) is 24.6 Å². The van der Waals surface area contributed by atoms with Crippen molar-refractivity contribution in [3.63, 3.8) is 0 Å². The number of benzene rings is 1. The number of hydrogen-bond acceptors (Lipinski definition) is 3. The molecule has 1 heterocycles. The maximum absolute atomic E-state index is 6.03. The van der Waals surface area contributed by atoms with E-state index in [-0.39, 0.29) is 11.6 Å². The van der Waals surface area contributed by atoms with Gasteiger partial charge in [0.05, 0.1) is 12.2 Å². The Balaban J connectivity index is 2.09. The lowest BCUT2D eigenvalue weighted by atomic mass is 10.0. The van der Waals surface area contributed by atoms with E-state index in [1.54, 1.807) is 0 Å². The minimum Gasteiger partial charge on any atom is -0.372 e. The molecule has 1 aromatic carbocycles. The van der Waals surface area contributed by atoms with Gasteiger partial charge in [0.15, 0.2) is 0 Å². The Morgan fingerprint density at radius 1 is 1.33 bits per heavy atom. The predicted molar refractivity (Wildman–Crippen MR) is 75.9 cm³/mol. The fraction of sp³-hybridized carbons (Fsp3) is 0.600. The largest absolute Gasteiger partial charge is 0.372 e. The van der Waals surface area contributed by atoms with Crippen LogP contribution >= 0.6 is 0 Å². The van der Waals surface area contributed by atoms with Gasteiger partial charge in [0.1, 0.15) is 0 Å². The molecule has 1 fully saturated rings. The predicted octanol–water partition coefficient (Wildman–Crippen LogP) is 2.71. The Hall–Kier alpha value is -1.06. The molecule has 1 aliphatic heterocycles. The van der Waals surface area contributed by atoms with Gasteiger partial charge in [0.2, 0.25) is 0 Å². The van der Waals surface area contributed by atoms with E-state index in [1.165, 1.54) is 11.3 Å². The van der Waals surface area contributed by atoms with Crippen LogP contribution in [0.1, 0.15) is 38.8 Å². The maximum Gasteiger partial charge on any atom is 0.0801 e. The van der Waals surface area contributed by atoms with E-state index in [9.17, 15) is 0 Å². The topological polar surface area (TPSA) is 38.5 Å². The minimum atomic E-state index is -0.0588. The first-order valence-corrected chi connectivity index (χ1v) is 6.76. The molecule has 0 amide bonds. The van der Waals surface area contributed by atoms with Gasteiger partial charge in [-0.25, -0.2) is 0 Å². The molecule has 0 aromatic heterocycles. The van der Waals surface area contributed by atoms with Crippen molar-refractivity contribution in [3.05, 3.63) is 29.8 Å². The van der Waals surface area contributed by atoms with Gasteiger partial charge in [-0.05, 0) is 38.0 Å². The highest BCUT2D eigenvalue weighted by atomic mass is 16.5. The summed E-state index contributed by atoms with van der Waals surface area (Å²) in [6.07, 6.45) is 0.976. The second kappa shape index (κ2) is 5.29. The third-order valence-corrected chi connectivity index (χ3v) is 3.55. The van der Waals surface area contributed by atoms with Gasteiger partial charge in [-0.15, -0.1) is 0 Å². The van der Waals surface area contributed by atoms with E-state index < -0.39 is 0 Å². The zero-order valence-corrected chi connectivity index (χ0v) is 11.6. The smallest absolute Gasteiger partial charge is 0.0801 e. The summed E-state index contributed by atoms with van der Waals surface area (Å²) in [6, 6.07) is 8.79. The summed E-state index contributed by atoms with van der Waals surface area (Å²) in [5.74, 6) is 0. The summed E-state index contributed by atoms with van der Waals surface area (Å²) in [7, 11) is 0. The van der Waals surface area contributed by atoms with E-state index in [0.29, 0.717) is 0 Å². The van der Waals surface area contributed by atoms with Crippen LogP contribution in [-0.4, -0.2) is 25.3 Å². The molecule has 0 aliphatic carbocycles. The van der Waals surface area contributed by atoms with Crippen LogP contribution in [0.2, 0.25) is 0 Å². The fourth-order valence-electron chi connectivity index (χ4n) is 2.40. The Morgan fingerprint density at radius 2 is 2.00 bits per heavy atom. The first kappa shape index (κ1) is 13.4. The molecule has 3 heteroatoms. The van der Waals surface area contributed by atoms with E-state index in [1.807, 2.05) is 0 Å². The molecule has 3 nitrogen and oxygen atoms in total. The maximum atomic E-state index is 6.03. The lowest BCUT2D eigenvalue weighted by Crippen LogP contribution is -2.48. The van der Waals surface area contributed by atoms with Crippen LogP contribution in [0.5, 0.6) is 0 Å². The Morgan fingerprint density at radius 3 is 2.56 bits per heavy atom. The fourth-order valence-corrected chi connectivity index (χ4v) is 2.40. The zero-order valence-electron chi connectivity index (χ0n) is 11.6. The third-order valence-electron chi connectivity index (χ3n) is 3.55. The van der Waals surface area contributed by atoms with Gasteiger partial charge >= 0.3 is 0 Å². The average Bonchev–Trinajstić information content (AvgIpc) is 2.37. The Kier molecular flexibility index (Phi) is 3.93. The van der Waals surface area contributed by atoms with Crippen molar-refractivity contribution < 1.29 is 4.74 Å². The molecule has 2 N–H and O–H groups in total. The molecule has 2 rings (SSSR count). The average molecular weight is 248 g/mol. The number of nitrogens with zero attached hydrogens (tertiary/aromatic N) is 1. The first-order valence-electron chi connectivity index (χ1n) is 6.76. The zero-order chi connectivity index (χ0) is 13.2. The van der Waals surface area contributed by atoms with Gasteiger partial charge in [0.25, 0.3) is 0 Å². The highest BCUT2D eigenvalue weighted by molar-refractivity contribution is 5.48. The molecule has 18 heavy (non-hydrogen) atoms. The monoisotopic (exact) mass is 248 g/mol. The number of nitrogens with two attached hydrogens (primary N) is 1. The number of ether oxygens (including phenoxy) is 1. The number of hydrogen-bond donors (Lipinski definition) is 1. The molecular formula is C15H24N2O. The van der Waals surface area contributed by atoms with Crippen LogP contribution in [0.25, 0.3) is 0 Å². The van der Waals surface area contributed by atoms with Gasteiger partial charge in [-0.3, -0.25) is 0 Å². The quantitative estimate of drug-likeness (QED) is 0.894. The minimum absolute atomic E-state index is 0.0588. The van der Waals surface area contributed by atoms with Crippen molar-refractivity contribution in [1.82, 2.24) is 0 Å². The van der Waals surface area contributed by atoms with Crippen LogP contribution < -0.4 is 10.6 Å². The SMILES string of the molecule is CC[C@H](N)c1ccc(N2CCOC(C)(C)C2)cc1. The first-order chi connectivity index (χ1) is 8.52. The van der Waals surface area contributed by atoms with Crippen molar-refractivity contribution in [3.8, 4) is 0 Å². The van der Waals surface area contributed by atoms with Crippen LogP contribution in [0.15, 0.2) is 24.3 Å². The summed E-state index contributed by atoms with van der Waals surface area (Å²) in [5.41, 5.74) is 8.45. The lowest BCUT2D eigenvalue weighted by molar-refractivity contribution is -0.0276. The van der Waals surface area contributed by atoms with Gasteiger partial charge < -0.3 is 15.4 Å². The Bertz CT molecular complexity index is 386. The molecular weight excluding hydrogens is 224 g/mol. The number of rotatable bonds is 3. The van der Waals surface area contributed by atoms with Crippen molar-refractivity contribution in [2.24, 2.45) is 5.73 Å². The molecule has 1 aromatic rings. The summed E-state index contributed by atoms with van der Waals surface area (Å²) in [6.45, 7) is 9.09. The summed E-state index contributed by atoms with van der Waals surface area (Å²) < 4.78 is 5.73. The molecule has 0 radical (unpaired) electrons. The van der Waals surface area contributed by atoms with E-state index in [2.05, 4.69) is 49.9 Å². The van der Waals surface area contributed by atoms with Gasteiger partial charge in [-0.2, -0.15) is 0 Å². The Labute approximate surface area is 110 Å². The number of anilines is 1. The van der Waals surface area contributed by atoms with Crippen molar-refractivity contribution in [1.29, 1.82) is 0 Å². The second-order valence-electron chi connectivity index (χ2n) is 5.64. The highest BCUT2D eigenvalue weighted by Crippen LogP contribution is 2.24. The molecule has 0 bridgehead atoms. The highest BCUT2D eigenvalue weighted by Gasteiger charge is 2.27. The van der Waals surface area contributed by atoms with Gasteiger partial charge in [-0.1, -0.05) is 19.1 Å². The van der Waals surface area contributed by atoms with Crippen molar-refractivity contribution >= 4 is 5.69 Å². The number of morpholine rings is 1. The summed E-state index contributed by atoms with van der Waals surface area (Å²) >= 11 is 0. The summed E-state index contributed by atoms with van der Waals surface area (Å²) in [4.78, 5) is 2.38. The van der Waals surface area contributed by atoms with E-state index >= 15 is 0 Å². The standard InChI is InChI=1S/C15H24N2O/c1-4-14(16)12-5-7-13(8-6-12)17-9-10-18-15(2,3)11-17/h5-8,14H,4,9-11,16H2,1-3H3/t14-/m0/s1. The molecule has 1 aliphatic rings. The van der Waals surface area contributed by atoms with Crippen molar-refractivity contribution in [2.45, 2.75) is 38.8 Å². The second-order valence-corrected chi connectivity index (χ2v) is 5.64. The third kappa shape index (κ3) is 3.03. The lowest BCUT2D eigenvalue weighted by Gasteiger charge is -2.39. The normalized spacial score (nSPS) is 20.8. The van der Waals surface area contributed by atoms with Crippen LogP contribution in [0, 0.1) is 0 Å².